The van der Waals surface area contributed by atoms with Crippen molar-refractivity contribution in [1.82, 2.24) is 9.97 Å². The zero-order valence-electron chi connectivity index (χ0n) is 11.4. The van der Waals surface area contributed by atoms with Gasteiger partial charge in [0.1, 0.15) is 5.82 Å². The normalized spacial score (nSPS) is 12.2. The van der Waals surface area contributed by atoms with Gasteiger partial charge >= 0.3 is 0 Å². The van der Waals surface area contributed by atoms with Crippen molar-refractivity contribution in [2.24, 2.45) is 0 Å². The van der Waals surface area contributed by atoms with Crippen molar-refractivity contribution < 1.29 is 0 Å². The van der Waals surface area contributed by atoms with E-state index in [0.717, 1.165) is 24.3 Å². The van der Waals surface area contributed by atoms with Gasteiger partial charge in [0.2, 0.25) is 5.95 Å². The lowest BCUT2D eigenvalue weighted by Gasteiger charge is -2.18. The van der Waals surface area contributed by atoms with Crippen LogP contribution in [0.4, 0.5) is 11.8 Å². The van der Waals surface area contributed by atoms with E-state index in [1.54, 1.807) is 0 Å². The van der Waals surface area contributed by atoms with Crippen LogP contribution in [0.2, 0.25) is 0 Å². The molecule has 17 heavy (non-hydrogen) atoms. The summed E-state index contributed by atoms with van der Waals surface area (Å²) in [5.74, 6) is 1.66. The molecule has 0 spiro atoms. The summed E-state index contributed by atoms with van der Waals surface area (Å²) >= 11 is 0. The van der Waals surface area contributed by atoms with E-state index >= 15 is 0 Å². The Morgan fingerprint density at radius 1 is 1.29 bits per heavy atom. The maximum Gasteiger partial charge on any atom is 0.224 e. The topological polar surface area (TPSA) is 49.8 Å². The Bertz CT molecular complexity index is 338. The van der Waals surface area contributed by atoms with Gasteiger partial charge in [-0.15, -0.1) is 0 Å². The predicted molar refractivity (Wildman–Crippen MR) is 73.5 cm³/mol. The molecule has 0 radical (unpaired) electrons. The molecule has 1 aromatic heterocycles. The van der Waals surface area contributed by atoms with Crippen LogP contribution in [-0.4, -0.2) is 22.6 Å². The highest BCUT2D eigenvalue weighted by atomic mass is 15.1. The minimum atomic E-state index is 0.503. The third-order valence-corrected chi connectivity index (χ3v) is 2.78. The van der Waals surface area contributed by atoms with Crippen LogP contribution >= 0.6 is 0 Å². The van der Waals surface area contributed by atoms with Crippen LogP contribution in [0.15, 0.2) is 6.20 Å². The third-order valence-electron chi connectivity index (χ3n) is 2.78. The molecule has 4 heteroatoms. The largest absolute Gasteiger partial charge is 0.367 e. The van der Waals surface area contributed by atoms with Gasteiger partial charge in [-0.05, 0) is 26.7 Å². The van der Waals surface area contributed by atoms with E-state index in [1.165, 1.54) is 12.8 Å². The Labute approximate surface area is 104 Å². The number of anilines is 2. The number of rotatable bonds is 7. The smallest absolute Gasteiger partial charge is 0.224 e. The lowest BCUT2D eigenvalue weighted by Crippen LogP contribution is -2.20. The monoisotopic (exact) mass is 236 g/mol. The molecule has 1 heterocycles. The summed E-state index contributed by atoms with van der Waals surface area (Å²) in [5, 5.41) is 6.64. The first kappa shape index (κ1) is 13.7. The summed E-state index contributed by atoms with van der Waals surface area (Å²) in [4.78, 5) is 8.74. The summed E-state index contributed by atoms with van der Waals surface area (Å²) in [6.45, 7) is 9.34. The maximum absolute atomic E-state index is 4.50. The fraction of sp³-hybridized carbons (Fsp3) is 0.692. The van der Waals surface area contributed by atoms with E-state index in [0.29, 0.717) is 12.0 Å². The van der Waals surface area contributed by atoms with Gasteiger partial charge in [-0.3, -0.25) is 0 Å². The van der Waals surface area contributed by atoms with Crippen molar-refractivity contribution in [3.63, 3.8) is 0 Å². The van der Waals surface area contributed by atoms with Gasteiger partial charge in [-0.2, -0.15) is 4.98 Å². The van der Waals surface area contributed by atoms with Gasteiger partial charge in [-0.25, -0.2) is 4.98 Å². The van der Waals surface area contributed by atoms with Gasteiger partial charge in [0, 0.05) is 24.3 Å². The van der Waals surface area contributed by atoms with Crippen LogP contribution in [0.25, 0.3) is 0 Å². The zero-order chi connectivity index (χ0) is 12.7. The van der Waals surface area contributed by atoms with E-state index in [9.17, 15) is 0 Å². The summed E-state index contributed by atoms with van der Waals surface area (Å²) < 4.78 is 0. The molecule has 1 rings (SSSR count). The molecular weight excluding hydrogens is 212 g/mol. The summed E-state index contributed by atoms with van der Waals surface area (Å²) in [6, 6.07) is 0.503. The first-order valence-electron chi connectivity index (χ1n) is 6.55. The number of nitrogens with zero attached hydrogens (tertiary/aromatic N) is 2. The van der Waals surface area contributed by atoms with Crippen LogP contribution < -0.4 is 10.6 Å². The number of aryl methyl sites for hydroxylation is 1. The van der Waals surface area contributed by atoms with Crippen LogP contribution in [0.5, 0.6) is 0 Å². The van der Waals surface area contributed by atoms with Crippen molar-refractivity contribution in [2.75, 3.05) is 17.2 Å². The van der Waals surface area contributed by atoms with Crippen LogP contribution in [0, 0.1) is 6.92 Å². The van der Waals surface area contributed by atoms with E-state index < -0.39 is 0 Å². The second-order valence-electron chi connectivity index (χ2n) is 4.29. The molecule has 1 atom stereocenters. The molecule has 0 aliphatic carbocycles. The van der Waals surface area contributed by atoms with E-state index in [-0.39, 0.29) is 0 Å². The van der Waals surface area contributed by atoms with Crippen LogP contribution in [0.1, 0.15) is 45.6 Å². The van der Waals surface area contributed by atoms with Gasteiger partial charge in [0.25, 0.3) is 0 Å². The molecule has 0 amide bonds. The molecule has 0 aromatic carbocycles. The number of aromatic nitrogens is 2. The second-order valence-corrected chi connectivity index (χ2v) is 4.29. The molecule has 0 bridgehead atoms. The van der Waals surface area contributed by atoms with Crippen molar-refractivity contribution in [1.29, 1.82) is 0 Å². The Morgan fingerprint density at radius 2 is 2.06 bits per heavy atom. The highest BCUT2D eigenvalue weighted by Gasteiger charge is 2.09. The SMILES string of the molecule is CCCC(CC)Nc1nc(NCC)ncc1C. The minimum absolute atomic E-state index is 0.503. The zero-order valence-corrected chi connectivity index (χ0v) is 11.4. The van der Waals surface area contributed by atoms with Crippen molar-refractivity contribution in [3.05, 3.63) is 11.8 Å². The van der Waals surface area contributed by atoms with Gasteiger partial charge < -0.3 is 10.6 Å². The fourth-order valence-electron chi connectivity index (χ4n) is 1.75. The third kappa shape index (κ3) is 4.21. The lowest BCUT2D eigenvalue weighted by atomic mass is 10.1. The average Bonchev–Trinajstić information content (AvgIpc) is 2.33. The molecule has 0 fully saturated rings. The first-order valence-corrected chi connectivity index (χ1v) is 6.55. The highest BCUT2D eigenvalue weighted by molar-refractivity contribution is 5.47. The Hall–Kier alpha value is -1.32. The molecule has 1 unspecified atom stereocenters. The average molecular weight is 236 g/mol. The quantitative estimate of drug-likeness (QED) is 0.763. The summed E-state index contributed by atoms with van der Waals surface area (Å²) in [6.07, 6.45) is 5.35. The van der Waals surface area contributed by atoms with Crippen molar-refractivity contribution in [2.45, 2.75) is 53.0 Å². The molecule has 4 nitrogen and oxygen atoms in total. The van der Waals surface area contributed by atoms with Crippen LogP contribution in [0.3, 0.4) is 0 Å². The fourth-order valence-corrected chi connectivity index (χ4v) is 1.75. The second kappa shape index (κ2) is 7.09. The first-order chi connectivity index (χ1) is 8.21. The summed E-state index contributed by atoms with van der Waals surface area (Å²) in [7, 11) is 0. The Balaban J connectivity index is 2.76. The van der Waals surface area contributed by atoms with Crippen molar-refractivity contribution >= 4 is 11.8 Å². The molecule has 0 saturated carbocycles. The van der Waals surface area contributed by atoms with Gasteiger partial charge in [0.15, 0.2) is 0 Å². The number of hydrogen-bond donors (Lipinski definition) is 2. The molecule has 0 aliphatic rings. The van der Waals surface area contributed by atoms with Crippen LogP contribution in [-0.2, 0) is 0 Å². The molecule has 96 valence electrons. The number of nitrogens with one attached hydrogen (secondary N) is 2. The molecule has 0 saturated heterocycles. The lowest BCUT2D eigenvalue weighted by molar-refractivity contribution is 0.620. The van der Waals surface area contributed by atoms with Gasteiger partial charge in [0.05, 0.1) is 0 Å². The molecule has 2 N–H and O–H groups in total. The minimum Gasteiger partial charge on any atom is -0.367 e. The molecule has 0 aliphatic heterocycles. The van der Waals surface area contributed by atoms with Gasteiger partial charge in [-0.1, -0.05) is 20.3 Å². The van der Waals surface area contributed by atoms with E-state index in [2.05, 4.69) is 34.4 Å². The summed E-state index contributed by atoms with van der Waals surface area (Å²) in [5.41, 5.74) is 1.10. The van der Waals surface area contributed by atoms with E-state index in [4.69, 9.17) is 0 Å². The van der Waals surface area contributed by atoms with E-state index in [1.807, 2.05) is 20.0 Å². The molecule has 1 aromatic rings. The number of hydrogen-bond acceptors (Lipinski definition) is 4. The van der Waals surface area contributed by atoms with Crippen molar-refractivity contribution in [3.8, 4) is 0 Å². The Kier molecular flexibility index (Phi) is 5.73. The maximum atomic E-state index is 4.50. The predicted octanol–water partition coefficient (Wildman–Crippen LogP) is 3.21. The standard InChI is InChI=1S/C13H24N4/c1-5-8-11(6-2)16-12-10(4)9-15-13(17-12)14-7-3/h9,11H,5-8H2,1-4H3,(H2,14,15,16,17). The highest BCUT2D eigenvalue weighted by Crippen LogP contribution is 2.16. The Morgan fingerprint density at radius 3 is 2.65 bits per heavy atom. The molecular formula is C13H24N4.